The number of aryl methyl sites for hydroxylation is 1. The maximum absolute atomic E-state index is 15.0. The first-order valence-electron chi connectivity index (χ1n) is 12.8. The Balaban J connectivity index is 1.63. The Morgan fingerprint density at radius 1 is 1.32 bits per heavy atom. The van der Waals surface area contributed by atoms with Crippen LogP contribution in [0.25, 0.3) is 22.3 Å². The maximum Gasteiger partial charge on any atom is 0.343 e. The lowest BCUT2D eigenvalue weighted by Crippen LogP contribution is -2.44. The number of hydrogen-bond acceptors (Lipinski definition) is 7. The van der Waals surface area contributed by atoms with Crippen molar-refractivity contribution in [3.63, 3.8) is 0 Å². The number of aliphatic hydroxyl groups is 2. The molecule has 1 amide bonds. The number of amides is 1. The van der Waals surface area contributed by atoms with Gasteiger partial charge < -0.3 is 24.8 Å². The van der Waals surface area contributed by atoms with Gasteiger partial charge in [-0.15, -0.1) is 0 Å². The van der Waals surface area contributed by atoms with Crippen molar-refractivity contribution in [1.82, 2.24) is 14.9 Å². The number of carbonyl (C=O) groups is 2. The van der Waals surface area contributed by atoms with Crippen LogP contribution >= 0.6 is 0 Å². The van der Waals surface area contributed by atoms with E-state index in [4.69, 9.17) is 9.72 Å². The van der Waals surface area contributed by atoms with Gasteiger partial charge in [0, 0.05) is 22.6 Å². The van der Waals surface area contributed by atoms with E-state index in [1.165, 1.54) is 10.6 Å². The zero-order valence-corrected chi connectivity index (χ0v) is 21.4. The number of nitrogens with one attached hydrogen (secondary N) is 1. The van der Waals surface area contributed by atoms with Gasteiger partial charge in [-0.1, -0.05) is 13.8 Å². The summed E-state index contributed by atoms with van der Waals surface area (Å²) in [6.07, 6.45) is 1.08. The molecule has 0 bridgehead atoms. The predicted octanol–water partition coefficient (Wildman–Crippen LogP) is 2.26. The summed E-state index contributed by atoms with van der Waals surface area (Å²) in [4.78, 5) is 43.7. The van der Waals surface area contributed by atoms with Gasteiger partial charge in [-0.25, -0.2) is 14.2 Å². The smallest absolute Gasteiger partial charge is 0.343 e. The SMILES string of the molecule is CC[C@@]1(O)C(=O)OCc2c1cc1n(c2=O)Cc2c-1nc1cc(F)c(C)c3c1c2[C@@H](NC(=O)[C@H](C)CO)CC3. The predicted molar refractivity (Wildman–Crippen MR) is 135 cm³/mol. The summed E-state index contributed by atoms with van der Waals surface area (Å²) in [6.45, 7) is 4.64. The lowest BCUT2D eigenvalue weighted by molar-refractivity contribution is -0.172. The number of carbonyl (C=O) groups excluding carboxylic acids is 2. The number of pyridine rings is 2. The molecule has 3 atom stereocenters. The third kappa shape index (κ3) is 3.23. The molecule has 0 saturated carbocycles. The summed E-state index contributed by atoms with van der Waals surface area (Å²) in [6, 6.07) is 2.57. The monoisotopic (exact) mass is 521 g/mol. The van der Waals surface area contributed by atoms with E-state index in [1.807, 2.05) is 0 Å². The van der Waals surface area contributed by atoms with E-state index in [9.17, 15) is 29.0 Å². The van der Waals surface area contributed by atoms with Crippen molar-refractivity contribution < 1.29 is 28.9 Å². The van der Waals surface area contributed by atoms with Crippen molar-refractivity contribution in [2.45, 2.75) is 64.8 Å². The molecule has 10 heteroatoms. The fourth-order valence-corrected chi connectivity index (χ4v) is 6.10. The van der Waals surface area contributed by atoms with Gasteiger partial charge >= 0.3 is 5.97 Å². The number of esters is 1. The maximum atomic E-state index is 15.0. The van der Waals surface area contributed by atoms with Gasteiger partial charge in [0.2, 0.25) is 5.91 Å². The van der Waals surface area contributed by atoms with E-state index in [2.05, 4.69) is 5.32 Å². The van der Waals surface area contributed by atoms with Gasteiger partial charge in [-0.2, -0.15) is 0 Å². The van der Waals surface area contributed by atoms with E-state index in [1.54, 1.807) is 26.8 Å². The largest absolute Gasteiger partial charge is 0.458 e. The molecule has 3 aromatic rings. The average Bonchev–Trinajstić information content (AvgIpc) is 3.28. The average molecular weight is 522 g/mol. The van der Waals surface area contributed by atoms with Gasteiger partial charge in [0.15, 0.2) is 5.60 Å². The molecule has 2 aliphatic heterocycles. The second kappa shape index (κ2) is 8.44. The zero-order valence-electron chi connectivity index (χ0n) is 21.4. The first-order valence-corrected chi connectivity index (χ1v) is 12.8. The molecule has 0 unspecified atom stereocenters. The van der Waals surface area contributed by atoms with Crippen LogP contribution in [0.5, 0.6) is 0 Å². The van der Waals surface area contributed by atoms with E-state index in [-0.39, 0.29) is 54.6 Å². The van der Waals surface area contributed by atoms with Gasteiger partial charge in [0.1, 0.15) is 12.4 Å². The van der Waals surface area contributed by atoms with Crippen LogP contribution in [0.1, 0.15) is 66.1 Å². The molecule has 4 heterocycles. The summed E-state index contributed by atoms with van der Waals surface area (Å²) in [5.41, 5.74) is 2.23. The Hall–Kier alpha value is -3.63. The number of nitrogens with zero attached hydrogens (tertiary/aromatic N) is 2. The third-order valence-corrected chi connectivity index (χ3v) is 8.42. The molecule has 0 fully saturated rings. The Labute approximate surface area is 217 Å². The first kappa shape index (κ1) is 24.7. The Morgan fingerprint density at radius 3 is 2.79 bits per heavy atom. The van der Waals surface area contributed by atoms with Crippen molar-refractivity contribution in [2.75, 3.05) is 6.61 Å². The quantitative estimate of drug-likeness (QED) is 0.351. The highest BCUT2D eigenvalue weighted by molar-refractivity contribution is 5.94. The molecule has 1 aliphatic carbocycles. The number of cyclic esters (lactones) is 1. The van der Waals surface area contributed by atoms with Crippen LogP contribution in [0.4, 0.5) is 4.39 Å². The number of benzene rings is 1. The van der Waals surface area contributed by atoms with Gasteiger partial charge in [0.25, 0.3) is 5.56 Å². The molecule has 38 heavy (non-hydrogen) atoms. The Kier molecular flexibility index (Phi) is 5.48. The highest BCUT2D eigenvalue weighted by Crippen LogP contribution is 2.46. The summed E-state index contributed by atoms with van der Waals surface area (Å²) in [7, 11) is 0. The minimum absolute atomic E-state index is 0.0238. The molecule has 6 rings (SSSR count). The van der Waals surface area contributed by atoms with Gasteiger partial charge in [-0.05, 0) is 48.9 Å². The summed E-state index contributed by atoms with van der Waals surface area (Å²) >= 11 is 0. The molecule has 3 aliphatic rings. The van der Waals surface area contributed by atoms with Crippen LogP contribution in [0.2, 0.25) is 0 Å². The number of halogens is 1. The summed E-state index contributed by atoms with van der Waals surface area (Å²) in [5, 5.41) is 24.5. The van der Waals surface area contributed by atoms with E-state index in [0.717, 1.165) is 22.1 Å². The van der Waals surface area contributed by atoms with Crippen molar-refractivity contribution in [2.24, 2.45) is 5.92 Å². The highest BCUT2D eigenvalue weighted by atomic mass is 19.1. The molecule has 0 spiro atoms. The second-order valence-corrected chi connectivity index (χ2v) is 10.5. The van der Waals surface area contributed by atoms with Crippen LogP contribution in [-0.4, -0.2) is 38.2 Å². The summed E-state index contributed by atoms with van der Waals surface area (Å²) in [5.74, 6) is -2.09. The fraction of sp³-hybridized carbons (Fsp3) is 0.429. The number of aliphatic hydroxyl groups excluding tert-OH is 1. The number of rotatable bonds is 4. The minimum atomic E-state index is -1.95. The van der Waals surface area contributed by atoms with Crippen LogP contribution in [0, 0.1) is 18.7 Å². The minimum Gasteiger partial charge on any atom is -0.458 e. The Bertz CT molecular complexity index is 1630. The van der Waals surface area contributed by atoms with Crippen LogP contribution in [0.15, 0.2) is 16.9 Å². The van der Waals surface area contributed by atoms with Gasteiger partial charge in [-0.3, -0.25) is 9.59 Å². The second-order valence-electron chi connectivity index (χ2n) is 10.5. The lowest BCUT2D eigenvalue weighted by Gasteiger charge is -2.31. The van der Waals surface area contributed by atoms with Crippen molar-refractivity contribution >= 4 is 22.8 Å². The fourth-order valence-electron chi connectivity index (χ4n) is 6.10. The molecule has 0 radical (unpaired) electrons. The molecule has 9 nitrogen and oxygen atoms in total. The molecule has 198 valence electrons. The van der Waals surface area contributed by atoms with Gasteiger partial charge in [0.05, 0.1) is 47.6 Å². The number of aromatic nitrogens is 2. The normalized spacial score (nSPS) is 21.9. The van der Waals surface area contributed by atoms with Crippen LogP contribution in [0.3, 0.4) is 0 Å². The molecule has 1 aromatic carbocycles. The molecule has 2 aromatic heterocycles. The standard InChI is InChI=1S/C28H28FN3O6/c1-4-28(37)17-7-21-24-15(9-32(21)26(35)16(17)11-38-27(28)36)23-19(31-25(34)12(2)10-33)6-5-14-13(3)18(29)8-20(30-24)22(14)23/h7-8,12,19,33,37H,4-6,9-11H2,1-3H3,(H,31,34)/t12-,19+,28+/m1/s1. The van der Waals surface area contributed by atoms with Crippen molar-refractivity contribution in [3.05, 3.63) is 61.7 Å². The van der Waals surface area contributed by atoms with Crippen molar-refractivity contribution in [1.29, 1.82) is 0 Å². The van der Waals surface area contributed by atoms with E-state index >= 15 is 0 Å². The third-order valence-electron chi connectivity index (χ3n) is 8.42. The lowest BCUT2D eigenvalue weighted by atomic mass is 9.81. The van der Waals surface area contributed by atoms with E-state index < -0.39 is 23.5 Å². The molecule has 3 N–H and O–H groups in total. The molecule has 0 saturated heterocycles. The number of hydrogen-bond donors (Lipinski definition) is 3. The van der Waals surface area contributed by atoms with Crippen molar-refractivity contribution in [3.8, 4) is 11.4 Å². The number of fused-ring (bicyclic) bond motifs is 5. The highest BCUT2D eigenvalue weighted by Gasteiger charge is 2.46. The first-order chi connectivity index (χ1) is 18.1. The molecular weight excluding hydrogens is 493 g/mol. The van der Waals surface area contributed by atoms with Crippen LogP contribution in [-0.2, 0) is 39.5 Å². The topological polar surface area (TPSA) is 131 Å². The van der Waals surface area contributed by atoms with E-state index in [0.29, 0.717) is 35.3 Å². The zero-order chi connectivity index (χ0) is 27.1. The summed E-state index contributed by atoms with van der Waals surface area (Å²) < 4.78 is 21.7. The number of ether oxygens (including phenoxy) is 1. The van der Waals surface area contributed by atoms with Crippen LogP contribution < -0.4 is 10.9 Å². The Morgan fingerprint density at radius 2 is 2.08 bits per heavy atom. The molecular formula is C28H28FN3O6.